The lowest BCUT2D eigenvalue weighted by Gasteiger charge is -2.38. The van der Waals surface area contributed by atoms with Crippen LogP contribution in [0.1, 0.15) is 30.6 Å². The highest BCUT2D eigenvalue weighted by Crippen LogP contribution is 2.58. The number of ether oxygens (including phenoxy) is 1. The lowest BCUT2D eigenvalue weighted by Crippen LogP contribution is -2.66. The van der Waals surface area contributed by atoms with Gasteiger partial charge in [-0.15, -0.1) is 0 Å². The summed E-state index contributed by atoms with van der Waals surface area (Å²) >= 11 is 0. The zero-order chi connectivity index (χ0) is 22.2. The van der Waals surface area contributed by atoms with E-state index in [0.29, 0.717) is 5.56 Å². The molecule has 0 fully saturated rings. The summed E-state index contributed by atoms with van der Waals surface area (Å²) in [6, 6.07) is 5.30. The van der Waals surface area contributed by atoms with Crippen molar-refractivity contribution in [2.45, 2.75) is 55.7 Å². The van der Waals surface area contributed by atoms with Crippen LogP contribution in [0.3, 0.4) is 0 Å². The number of aryl methyl sites for hydroxylation is 1. The average Bonchev–Trinajstić information content (AvgIpc) is 2.58. The summed E-state index contributed by atoms with van der Waals surface area (Å²) in [5.74, 6) is -27.8. The molecular formula is C16H15F11O. The Bertz CT molecular complexity index is 667. The van der Waals surface area contributed by atoms with Gasteiger partial charge in [0, 0.05) is 13.5 Å². The Morgan fingerprint density at radius 1 is 0.786 bits per heavy atom. The Morgan fingerprint density at radius 3 is 1.71 bits per heavy atom. The Balaban J connectivity index is 3.35. The minimum absolute atomic E-state index is 0.117. The fraction of sp³-hybridized carbons (Fsp3) is 0.625. The molecule has 1 aromatic rings. The number of hydrogen-bond acceptors (Lipinski definition) is 1. The highest BCUT2D eigenvalue weighted by molar-refractivity contribution is 5.29. The largest absolute Gasteiger partial charge is 0.460 e. The average molecular weight is 432 g/mol. The maximum absolute atomic E-state index is 14.0. The Morgan fingerprint density at radius 2 is 1.29 bits per heavy atom. The maximum Gasteiger partial charge on any atom is 0.460 e. The van der Waals surface area contributed by atoms with Gasteiger partial charge in [-0.2, -0.15) is 48.3 Å². The highest BCUT2D eigenvalue weighted by atomic mass is 19.4. The molecule has 0 N–H and O–H groups in total. The molecule has 28 heavy (non-hydrogen) atoms. The number of halogens is 11. The molecule has 1 unspecified atom stereocenters. The summed E-state index contributed by atoms with van der Waals surface area (Å²) in [6.45, 7) is 1.55. The first kappa shape index (κ1) is 24.4. The van der Waals surface area contributed by atoms with Crippen molar-refractivity contribution < 1.29 is 53.0 Å². The zero-order valence-corrected chi connectivity index (χ0v) is 14.4. The number of hydrogen-bond donors (Lipinski definition) is 0. The standard InChI is InChI=1S/C16H15F11O/c1-3-9-6-4-5-7-10(9)11(28-2)8-12(17,18)13(19,20)14(21,22)15(23,24)16(25,26)27/h4-7,11H,3,8H2,1-2H3. The summed E-state index contributed by atoms with van der Waals surface area (Å²) in [6.07, 6.45) is -11.2. The van der Waals surface area contributed by atoms with Gasteiger partial charge in [0.15, 0.2) is 0 Å². The van der Waals surface area contributed by atoms with Crippen molar-refractivity contribution in [2.75, 3.05) is 7.11 Å². The highest BCUT2D eigenvalue weighted by Gasteiger charge is 2.87. The molecule has 1 atom stereocenters. The van der Waals surface area contributed by atoms with E-state index in [1.54, 1.807) is 6.92 Å². The first-order valence-corrected chi connectivity index (χ1v) is 7.66. The van der Waals surface area contributed by atoms with Crippen molar-refractivity contribution in [3.8, 4) is 0 Å². The number of benzene rings is 1. The smallest absolute Gasteiger partial charge is 0.377 e. The van der Waals surface area contributed by atoms with E-state index in [9.17, 15) is 48.3 Å². The van der Waals surface area contributed by atoms with Crippen molar-refractivity contribution in [3.05, 3.63) is 35.4 Å². The molecule has 0 spiro atoms. The Kier molecular flexibility index (Phi) is 6.70. The van der Waals surface area contributed by atoms with Gasteiger partial charge in [-0.25, -0.2) is 0 Å². The van der Waals surface area contributed by atoms with Gasteiger partial charge in [0.25, 0.3) is 0 Å². The van der Waals surface area contributed by atoms with Crippen molar-refractivity contribution >= 4 is 0 Å². The van der Waals surface area contributed by atoms with Crippen LogP contribution in [0.25, 0.3) is 0 Å². The molecule has 0 saturated carbocycles. The number of rotatable bonds is 8. The molecule has 0 aliphatic carbocycles. The topological polar surface area (TPSA) is 9.23 Å². The first-order valence-electron chi connectivity index (χ1n) is 7.66. The number of alkyl halides is 11. The summed E-state index contributed by atoms with van der Waals surface area (Å²) in [5.41, 5.74) is 0.190. The van der Waals surface area contributed by atoms with E-state index in [1.807, 2.05) is 0 Å². The van der Waals surface area contributed by atoms with Crippen LogP contribution in [0.5, 0.6) is 0 Å². The van der Waals surface area contributed by atoms with Gasteiger partial charge >= 0.3 is 29.9 Å². The van der Waals surface area contributed by atoms with Gasteiger partial charge in [-0.1, -0.05) is 31.2 Å². The van der Waals surface area contributed by atoms with Crippen LogP contribution in [-0.4, -0.2) is 37.0 Å². The minimum Gasteiger partial charge on any atom is -0.377 e. The van der Waals surface area contributed by atoms with E-state index < -0.39 is 42.4 Å². The third-order valence-electron chi connectivity index (χ3n) is 4.11. The van der Waals surface area contributed by atoms with E-state index in [4.69, 9.17) is 0 Å². The Labute approximate surface area is 152 Å². The summed E-state index contributed by atoms with van der Waals surface area (Å²) in [7, 11) is 0.772. The van der Waals surface area contributed by atoms with Crippen LogP contribution >= 0.6 is 0 Å². The van der Waals surface area contributed by atoms with Crippen molar-refractivity contribution in [3.63, 3.8) is 0 Å². The molecule has 0 aliphatic rings. The first-order chi connectivity index (χ1) is 12.5. The van der Waals surface area contributed by atoms with Crippen LogP contribution in [0.4, 0.5) is 48.3 Å². The molecular weight excluding hydrogens is 417 g/mol. The lowest BCUT2D eigenvalue weighted by atomic mass is 9.90. The zero-order valence-electron chi connectivity index (χ0n) is 14.4. The second-order valence-electron chi connectivity index (χ2n) is 5.91. The quantitative estimate of drug-likeness (QED) is 0.430. The van der Waals surface area contributed by atoms with E-state index in [1.165, 1.54) is 18.2 Å². The second kappa shape index (κ2) is 7.68. The van der Waals surface area contributed by atoms with Gasteiger partial charge in [0.05, 0.1) is 6.10 Å². The van der Waals surface area contributed by atoms with Gasteiger partial charge in [-0.05, 0) is 17.5 Å². The third kappa shape index (κ3) is 3.92. The van der Waals surface area contributed by atoms with Crippen LogP contribution in [0.15, 0.2) is 24.3 Å². The van der Waals surface area contributed by atoms with Gasteiger partial charge < -0.3 is 4.74 Å². The predicted molar refractivity (Wildman–Crippen MR) is 76.0 cm³/mol. The van der Waals surface area contributed by atoms with Gasteiger partial charge in [0.1, 0.15) is 0 Å². The monoisotopic (exact) mass is 432 g/mol. The molecule has 0 aliphatic heterocycles. The predicted octanol–water partition coefficient (Wildman–Crippen LogP) is 6.43. The Hall–Kier alpha value is -1.59. The summed E-state index contributed by atoms with van der Waals surface area (Å²) < 4.78 is 149. The van der Waals surface area contributed by atoms with Crippen LogP contribution in [0.2, 0.25) is 0 Å². The van der Waals surface area contributed by atoms with Crippen molar-refractivity contribution in [2.24, 2.45) is 0 Å². The molecule has 12 heteroatoms. The number of methoxy groups -OCH3 is 1. The van der Waals surface area contributed by atoms with E-state index in [2.05, 4.69) is 4.74 Å². The van der Waals surface area contributed by atoms with Crippen LogP contribution in [-0.2, 0) is 11.2 Å². The minimum atomic E-state index is -7.41. The molecule has 1 nitrogen and oxygen atoms in total. The molecule has 1 aromatic carbocycles. The fourth-order valence-electron chi connectivity index (χ4n) is 2.46. The molecule has 162 valence electrons. The van der Waals surface area contributed by atoms with Crippen molar-refractivity contribution in [1.29, 1.82) is 0 Å². The molecule has 0 heterocycles. The normalized spacial score (nSPS) is 15.6. The molecule has 0 amide bonds. The molecule has 1 rings (SSSR count). The molecule has 0 aromatic heterocycles. The molecule has 0 bridgehead atoms. The summed E-state index contributed by atoms with van der Waals surface area (Å²) in [5, 5.41) is 0. The van der Waals surface area contributed by atoms with E-state index in [-0.39, 0.29) is 12.0 Å². The maximum atomic E-state index is 14.0. The van der Waals surface area contributed by atoms with E-state index in [0.717, 1.165) is 13.2 Å². The third-order valence-corrected chi connectivity index (χ3v) is 4.11. The second-order valence-corrected chi connectivity index (χ2v) is 5.91. The lowest BCUT2D eigenvalue weighted by molar-refractivity contribution is -0.423. The SMILES string of the molecule is CCc1ccccc1C(CC(F)(F)C(F)(F)C(F)(F)C(F)(F)C(F)(F)F)OC. The van der Waals surface area contributed by atoms with E-state index >= 15 is 0 Å². The fourth-order valence-corrected chi connectivity index (χ4v) is 2.46. The van der Waals surface area contributed by atoms with Crippen LogP contribution < -0.4 is 0 Å². The van der Waals surface area contributed by atoms with Crippen molar-refractivity contribution in [1.82, 2.24) is 0 Å². The van der Waals surface area contributed by atoms with Gasteiger partial charge in [-0.3, -0.25) is 0 Å². The summed E-state index contributed by atoms with van der Waals surface area (Å²) in [4.78, 5) is 0. The van der Waals surface area contributed by atoms with Gasteiger partial charge in [0.2, 0.25) is 0 Å². The molecule has 0 saturated heterocycles. The molecule has 0 radical (unpaired) electrons. The van der Waals surface area contributed by atoms with Crippen LogP contribution in [0, 0.1) is 0 Å².